The molecule has 0 bridgehead atoms. The molecule has 0 fully saturated rings. The summed E-state index contributed by atoms with van der Waals surface area (Å²) in [7, 11) is 0. The SMILES string of the molecule is Nc1c(-c2ccc(Cl)cc2)cnn1-c1nc(-c2ccc(Cl)c(Cl)c2)cs1. The quantitative estimate of drug-likeness (QED) is 0.428. The van der Waals surface area contributed by atoms with Gasteiger partial charge >= 0.3 is 0 Å². The van der Waals surface area contributed by atoms with E-state index in [2.05, 4.69) is 10.1 Å². The van der Waals surface area contributed by atoms with Crippen LogP contribution in [0.2, 0.25) is 15.1 Å². The second-order valence-electron chi connectivity index (χ2n) is 5.51. The minimum atomic E-state index is 0.488. The Bertz CT molecular complexity index is 1090. The van der Waals surface area contributed by atoms with Crippen LogP contribution in [0.5, 0.6) is 0 Å². The van der Waals surface area contributed by atoms with E-state index >= 15 is 0 Å². The molecule has 2 heterocycles. The summed E-state index contributed by atoms with van der Waals surface area (Å²) in [5, 5.41) is 8.65. The van der Waals surface area contributed by atoms with Crippen molar-refractivity contribution in [1.29, 1.82) is 0 Å². The van der Waals surface area contributed by atoms with Gasteiger partial charge < -0.3 is 5.73 Å². The van der Waals surface area contributed by atoms with Gasteiger partial charge in [-0.1, -0.05) is 53.0 Å². The molecule has 0 radical (unpaired) electrons. The third-order valence-corrected chi connectivity index (χ3v) is 5.66. The minimum absolute atomic E-state index is 0.488. The molecule has 0 spiro atoms. The normalized spacial score (nSPS) is 11.0. The van der Waals surface area contributed by atoms with Crippen LogP contribution in [-0.2, 0) is 0 Å². The molecule has 130 valence electrons. The number of benzene rings is 2. The summed E-state index contributed by atoms with van der Waals surface area (Å²) in [4.78, 5) is 4.62. The average Bonchev–Trinajstić information content (AvgIpc) is 3.25. The Kier molecular flexibility index (Phi) is 4.63. The van der Waals surface area contributed by atoms with Crippen LogP contribution in [-0.4, -0.2) is 14.8 Å². The van der Waals surface area contributed by atoms with Crippen molar-refractivity contribution < 1.29 is 0 Å². The molecule has 8 heteroatoms. The first-order valence-corrected chi connectivity index (χ1v) is 9.55. The van der Waals surface area contributed by atoms with Gasteiger partial charge in [0.2, 0.25) is 5.13 Å². The first-order valence-electron chi connectivity index (χ1n) is 7.53. The molecule has 4 rings (SSSR count). The summed E-state index contributed by atoms with van der Waals surface area (Å²) in [6, 6.07) is 12.9. The van der Waals surface area contributed by atoms with E-state index in [1.165, 1.54) is 11.3 Å². The monoisotopic (exact) mass is 420 g/mol. The molecule has 0 saturated carbocycles. The summed E-state index contributed by atoms with van der Waals surface area (Å²) in [6.07, 6.45) is 1.72. The van der Waals surface area contributed by atoms with Crippen molar-refractivity contribution in [3.8, 4) is 27.5 Å². The van der Waals surface area contributed by atoms with Gasteiger partial charge in [0.25, 0.3) is 0 Å². The molecule has 0 aliphatic rings. The van der Waals surface area contributed by atoms with E-state index in [1.54, 1.807) is 23.0 Å². The van der Waals surface area contributed by atoms with E-state index in [9.17, 15) is 0 Å². The molecular weight excluding hydrogens is 411 g/mol. The highest BCUT2D eigenvalue weighted by Gasteiger charge is 2.14. The lowest BCUT2D eigenvalue weighted by Crippen LogP contribution is -2.01. The van der Waals surface area contributed by atoms with Crippen LogP contribution < -0.4 is 5.73 Å². The van der Waals surface area contributed by atoms with Crippen LogP contribution in [0.4, 0.5) is 5.82 Å². The third-order valence-electron chi connectivity index (χ3n) is 3.85. The Morgan fingerprint density at radius 2 is 1.65 bits per heavy atom. The molecule has 2 N–H and O–H groups in total. The molecule has 2 aromatic carbocycles. The van der Waals surface area contributed by atoms with Crippen LogP contribution in [0.3, 0.4) is 0 Å². The number of nitrogens with zero attached hydrogens (tertiary/aromatic N) is 3. The molecule has 4 nitrogen and oxygen atoms in total. The predicted octanol–water partition coefficient (Wildman–Crippen LogP) is 6.21. The highest BCUT2D eigenvalue weighted by Crippen LogP contribution is 2.32. The Morgan fingerprint density at radius 3 is 2.38 bits per heavy atom. The fourth-order valence-electron chi connectivity index (χ4n) is 2.51. The topological polar surface area (TPSA) is 56.7 Å². The van der Waals surface area contributed by atoms with Gasteiger partial charge in [-0.25, -0.2) is 4.98 Å². The standard InChI is InChI=1S/C18H11Cl3N4S/c19-12-4-1-10(2-5-12)13-8-23-25(17(13)22)18-24-16(9-26-18)11-3-6-14(20)15(21)7-11/h1-9H,22H2. The van der Waals surface area contributed by atoms with Gasteiger partial charge in [0.05, 0.1) is 21.9 Å². The van der Waals surface area contributed by atoms with Crippen LogP contribution in [0.1, 0.15) is 0 Å². The summed E-state index contributed by atoms with van der Waals surface area (Å²) >= 11 is 19.5. The zero-order valence-electron chi connectivity index (χ0n) is 13.2. The largest absolute Gasteiger partial charge is 0.383 e. The zero-order chi connectivity index (χ0) is 18.3. The molecule has 0 amide bonds. The Balaban J connectivity index is 1.70. The van der Waals surface area contributed by atoms with Gasteiger partial charge in [-0.3, -0.25) is 0 Å². The Morgan fingerprint density at radius 1 is 0.923 bits per heavy atom. The molecule has 26 heavy (non-hydrogen) atoms. The maximum absolute atomic E-state index is 6.29. The first kappa shape index (κ1) is 17.4. The fraction of sp³-hybridized carbons (Fsp3) is 0. The second-order valence-corrected chi connectivity index (χ2v) is 7.59. The molecule has 0 atom stereocenters. The highest BCUT2D eigenvalue weighted by molar-refractivity contribution is 7.12. The molecule has 2 aromatic heterocycles. The maximum atomic E-state index is 6.29. The van der Waals surface area contributed by atoms with Gasteiger partial charge in [0.15, 0.2) is 0 Å². The van der Waals surface area contributed by atoms with Crippen LogP contribution in [0.25, 0.3) is 27.5 Å². The minimum Gasteiger partial charge on any atom is -0.383 e. The van der Waals surface area contributed by atoms with E-state index in [0.29, 0.717) is 26.0 Å². The van der Waals surface area contributed by atoms with Crippen molar-refractivity contribution >= 4 is 52.0 Å². The van der Waals surface area contributed by atoms with Crippen LogP contribution in [0.15, 0.2) is 54.0 Å². The number of nitrogen functional groups attached to an aromatic ring is 1. The molecule has 0 saturated heterocycles. The van der Waals surface area contributed by atoms with Gasteiger partial charge in [0.1, 0.15) is 5.82 Å². The number of thiazole rings is 1. The summed E-state index contributed by atoms with van der Waals surface area (Å²) in [6.45, 7) is 0. The van der Waals surface area contributed by atoms with E-state index in [-0.39, 0.29) is 0 Å². The molecule has 0 aliphatic carbocycles. The molecule has 4 aromatic rings. The highest BCUT2D eigenvalue weighted by atomic mass is 35.5. The number of aromatic nitrogens is 3. The smallest absolute Gasteiger partial charge is 0.212 e. The van der Waals surface area contributed by atoms with E-state index in [4.69, 9.17) is 40.5 Å². The second kappa shape index (κ2) is 6.93. The van der Waals surface area contributed by atoms with Crippen molar-refractivity contribution in [1.82, 2.24) is 14.8 Å². The van der Waals surface area contributed by atoms with Crippen LogP contribution >= 0.6 is 46.1 Å². The Labute approximate surface area is 168 Å². The summed E-state index contributed by atoms with van der Waals surface area (Å²) < 4.78 is 1.62. The molecule has 0 unspecified atom stereocenters. The lowest BCUT2D eigenvalue weighted by molar-refractivity contribution is 0.881. The number of halogens is 3. The summed E-state index contributed by atoms with van der Waals surface area (Å²) in [5.41, 5.74) is 9.73. The third kappa shape index (κ3) is 3.19. The molecular formula is C18H11Cl3N4S. The van der Waals surface area contributed by atoms with E-state index < -0.39 is 0 Å². The average molecular weight is 422 g/mol. The van der Waals surface area contributed by atoms with Crippen molar-refractivity contribution in [2.24, 2.45) is 0 Å². The van der Waals surface area contributed by atoms with Gasteiger partial charge in [-0.05, 0) is 29.8 Å². The van der Waals surface area contributed by atoms with Gasteiger partial charge in [0, 0.05) is 21.5 Å². The van der Waals surface area contributed by atoms with Gasteiger partial charge in [-0.15, -0.1) is 11.3 Å². The van der Waals surface area contributed by atoms with E-state index in [0.717, 1.165) is 22.4 Å². The Hall–Kier alpha value is -2.05. The maximum Gasteiger partial charge on any atom is 0.212 e. The van der Waals surface area contributed by atoms with Crippen molar-refractivity contribution in [3.05, 3.63) is 69.1 Å². The number of rotatable bonds is 3. The number of hydrogen-bond acceptors (Lipinski definition) is 4. The number of hydrogen-bond donors (Lipinski definition) is 1. The first-order chi connectivity index (χ1) is 12.5. The van der Waals surface area contributed by atoms with Gasteiger partial charge in [-0.2, -0.15) is 9.78 Å². The van der Waals surface area contributed by atoms with Crippen molar-refractivity contribution in [3.63, 3.8) is 0 Å². The fourth-order valence-corrected chi connectivity index (χ4v) is 3.74. The van der Waals surface area contributed by atoms with Crippen molar-refractivity contribution in [2.75, 3.05) is 5.73 Å². The summed E-state index contributed by atoms with van der Waals surface area (Å²) in [5.74, 6) is 0.516. The van der Waals surface area contributed by atoms with E-state index in [1.807, 2.05) is 35.7 Å². The van der Waals surface area contributed by atoms with Crippen molar-refractivity contribution in [2.45, 2.75) is 0 Å². The lowest BCUT2D eigenvalue weighted by atomic mass is 10.1. The molecule has 0 aliphatic heterocycles. The lowest BCUT2D eigenvalue weighted by Gasteiger charge is -2.03. The number of nitrogens with two attached hydrogens (primary N) is 1. The van der Waals surface area contributed by atoms with Crippen LogP contribution in [0, 0.1) is 0 Å². The number of anilines is 1. The predicted molar refractivity (Wildman–Crippen MR) is 110 cm³/mol. The zero-order valence-corrected chi connectivity index (χ0v) is 16.2.